The first-order valence-electron chi connectivity index (χ1n) is 10.0. The van der Waals surface area contributed by atoms with Crippen LogP contribution in [0.3, 0.4) is 0 Å². The molecule has 1 aromatic carbocycles. The minimum absolute atomic E-state index is 0.0319. The number of carbonyl (C=O) groups excluding carboxylic acids is 3. The Bertz CT molecular complexity index is 770. The highest BCUT2D eigenvalue weighted by Gasteiger charge is 2.36. The fraction of sp³-hybridized carbons (Fsp3) is 0.571. The molecular formula is C21H28FN3O4. The molecule has 1 aromatic rings. The minimum Gasteiger partial charge on any atom is -0.370 e. The lowest BCUT2D eigenvalue weighted by Crippen LogP contribution is -2.43. The molecule has 29 heavy (non-hydrogen) atoms. The van der Waals surface area contributed by atoms with Crippen LogP contribution in [0.4, 0.5) is 4.39 Å². The molecule has 0 unspecified atom stereocenters. The smallest absolute Gasteiger partial charge is 0.242 e. The molecule has 2 fully saturated rings. The van der Waals surface area contributed by atoms with E-state index in [9.17, 15) is 18.8 Å². The number of rotatable bonds is 6. The third-order valence-corrected chi connectivity index (χ3v) is 5.18. The minimum atomic E-state index is -0.459. The molecule has 3 amide bonds. The van der Waals surface area contributed by atoms with Crippen LogP contribution in [-0.2, 0) is 25.7 Å². The first-order valence-corrected chi connectivity index (χ1v) is 10.0. The molecule has 3 rings (SSSR count). The van der Waals surface area contributed by atoms with Gasteiger partial charge in [-0.15, -0.1) is 0 Å². The Morgan fingerprint density at radius 3 is 2.69 bits per heavy atom. The molecular weight excluding hydrogens is 377 g/mol. The molecule has 0 bridgehead atoms. The number of halogens is 1. The van der Waals surface area contributed by atoms with Crippen molar-refractivity contribution in [1.82, 2.24) is 15.1 Å². The highest BCUT2D eigenvalue weighted by molar-refractivity contribution is 5.91. The van der Waals surface area contributed by atoms with Gasteiger partial charge in [0.2, 0.25) is 17.7 Å². The molecule has 158 valence electrons. The number of amides is 3. The summed E-state index contributed by atoms with van der Waals surface area (Å²) < 4.78 is 19.9. The van der Waals surface area contributed by atoms with Gasteiger partial charge in [0.25, 0.3) is 0 Å². The zero-order valence-electron chi connectivity index (χ0n) is 16.9. The number of nitrogens with one attached hydrogen (secondary N) is 1. The number of ether oxygens (including phenoxy) is 1. The van der Waals surface area contributed by atoms with Gasteiger partial charge in [0.05, 0.1) is 25.2 Å². The Balaban J connectivity index is 1.73. The van der Waals surface area contributed by atoms with Crippen molar-refractivity contribution in [2.24, 2.45) is 11.8 Å². The van der Waals surface area contributed by atoms with Gasteiger partial charge >= 0.3 is 0 Å². The summed E-state index contributed by atoms with van der Waals surface area (Å²) in [6.07, 6.45) is -0.297. The van der Waals surface area contributed by atoms with E-state index >= 15 is 0 Å². The van der Waals surface area contributed by atoms with Gasteiger partial charge in [0.1, 0.15) is 5.82 Å². The van der Waals surface area contributed by atoms with Crippen LogP contribution in [0.25, 0.3) is 0 Å². The van der Waals surface area contributed by atoms with E-state index in [1.807, 2.05) is 13.8 Å². The Morgan fingerprint density at radius 2 is 2.03 bits per heavy atom. The van der Waals surface area contributed by atoms with Crippen LogP contribution < -0.4 is 5.32 Å². The molecule has 2 heterocycles. The molecule has 1 N–H and O–H groups in total. The predicted molar refractivity (Wildman–Crippen MR) is 104 cm³/mol. The van der Waals surface area contributed by atoms with E-state index in [4.69, 9.17) is 4.74 Å². The molecule has 0 aromatic heterocycles. The topological polar surface area (TPSA) is 79.0 Å². The summed E-state index contributed by atoms with van der Waals surface area (Å²) in [5.41, 5.74) is 0.432. The molecule has 2 aliphatic rings. The second-order valence-corrected chi connectivity index (χ2v) is 8.14. The fourth-order valence-electron chi connectivity index (χ4n) is 3.73. The van der Waals surface area contributed by atoms with E-state index in [-0.39, 0.29) is 55.6 Å². The van der Waals surface area contributed by atoms with Gasteiger partial charge in [-0.2, -0.15) is 0 Å². The molecule has 0 aliphatic carbocycles. The lowest BCUT2D eigenvalue weighted by molar-refractivity contribution is -0.141. The van der Waals surface area contributed by atoms with Crippen molar-refractivity contribution in [3.8, 4) is 0 Å². The van der Waals surface area contributed by atoms with Crippen molar-refractivity contribution in [2.75, 3.05) is 32.7 Å². The zero-order chi connectivity index (χ0) is 21.0. The SMILES string of the molecule is CC(C)CN1C[C@@H](OCc2ccccc2F)CN(C(=O)[C@H]2CNC(=O)C2)CC1=O. The Morgan fingerprint density at radius 1 is 1.28 bits per heavy atom. The molecule has 0 saturated carbocycles. The second kappa shape index (κ2) is 9.35. The van der Waals surface area contributed by atoms with Gasteiger partial charge in [-0.25, -0.2) is 4.39 Å². The summed E-state index contributed by atoms with van der Waals surface area (Å²) in [4.78, 5) is 40.3. The van der Waals surface area contributed by atoms with E-state index in [1.54, 1.807) is 23.1 Å². The number of nitrogens with zero attached hydrogens (tertiary/aromatic N) is 2. The third kappa shape index (κ3) is 5.53. The molecule has 2 atom stereocenters. The average Bonchev–Trinajstić information content (AvgIpc) is 3.04. The van der Waals surface area contributed by atoms with Crippen LogP contribution >= 0.6 is 0 Å². The van der Waals surface area contributed by atoms with E-state index in [0.29, 0.717) is 25.2 Å². The van der Waals surface area contributed by atoms with Gasteiger partial charge in [0, 0.05) is 38.2 Å². The van der Waals surface area contributed by atoms with E-state index in [0.717, 1.165) is 0 Å². The van der Waals surface area contributed by atoms with Crippen molar-refractivity contribution >= 4 is 17.7 Å². The van der Waals surface area contributed by atoms with Gasteiger partial charge in [-0.1, -0.05) is 32.0 Å². The summed E-state index contributed by atoms with van der Waals surface area (Å²) in [6.45, 7) is 5.50. The van der Waals surface area contributed by atoms with Crippen LogP contribution in [0.5, 0.6) is 0 Å². The van der Waals surface area contributed by atoms with Crippen LogP contribution in [0.1, 0.15) is 25.8 Å². The van der Waals surface area contributed by atoms with E-state index < -0.39 is 12.0 Å². The molecule has 8 heteroatoms. The summed E-state index contributed by atoms with van der Waals surface area (Å²) in [6, 6.07) is 6.39. The summed E-state index contributed by atoms with van der Waals surface area (Å²) >= 11 is 0. The number of carbonyl (C=O) groups is 3. The van der Waals surface area contributed by atoms with Gasteiger partial charge in [-0.3, -0.25) is 14.4 Å². The monoisotopic (exact) mass is 405 g/mol. The summed E-state index contributed by atoms with van der Waals surface area (Å²) in [5.74, 6) is -1.05. The molecule has 2 saturated heterocycles. The van der Waals surface area contributed by atoms with E-state index in [1.165, 1.54) is 11.0 Å². The summed E-state index contributed by atoms with van der Waals surface area (Å²) in [5, 5.41) is 2.66. The Labute approximate surface area is 170 Å². The Kier molecular flexibility index (Phi) is 6.84. The first kappa shape index (κ1) is 21.2. The third-order valence-electron chi connectivity index (χ3n) is 5.18. The zero-order valence-corrected chi connectivity index (χ0v) is 16.9. The average molecular weight is 405 g/mol. The highest BCUT2D eigenvalue weighted by atomic mass is 19.1. The Hall–Kier alpha value is -2.48. The summed E-state index contributed by atoms with van der Waals surface area (Å²) in [7, 11) is 0. The van der Waals surface area contributed by atoms with Crippen LogP contribution in [0.2, 0.25) is 0 Å². The van der Waals surface area contributed by atoms with E-state index in [2.05, 4.69) is 5.32 Å². The predicted octanol–water partition coefficient (Wildman–Crippen LogP) is 1.17. The molecule has 0 spiro atoms. The lowest BCUT2D eigenvalue weighted by atomic mass is 10.1. The molecule has 7 nitrogen and oxygen atoms in total. The quantitative estimate of drug-likeness (QED) is 0.771. The van der Waals surface area contributed by atoms with Crippen LogP contribution in [0.15, 0.2) is 24.3 Å². The van der Waals surface area contributed by atoms with Gasteiger partial charge in [-0.05, 0) is 12.0 Å². The van der Waals surface area contributed by atoms with Crippen molar-refractivity contribution in [1.29, 1.82) is 0 Å². The fourth-order valence-corrected chi connectivity index (χ4v) is 3.73. The molecule has 0 radical (unpaired) electrons. The second-order valence-electron chi connectivity index (χ2n) is 8.14. The largest absolute Gasteiger partial charge is 0.370 e. The van der Waals surface area contributed by atoms with Crippen molar-refractivity contribution < 1.29 is 23.5 Å². The first-order chi connectivity index (χ1) is 13.8. The lowest BCUT2D eigenvalue weighted by Gasteiger charge is -2.26. The van der Waals surface area contributed by atoms with Crippen LogP contribution in [-0.4, -0.2) is 66.3 Å². The normalized spacial score (nSPS) is 22.8. The van der Waals surface area contributed by atoms with Gasteiger partial charge < -0.3 is 19.9 Å². The number of hydrogen-bond donors (Lipinski definition) is 1. The number of benzene rings is 1. The maximum atomic E-state index is 13.9. The highest BCUT2D eigenvalue weighted by Crippen LogP contribution is 2.18. The van der Waals surface area contributed by atoms with Crippen LogP contribution in [0, 0.1) is 17.7 Å². The van der Waals surface area contributed by atoms with Crippen molar-refractivity contribution in [2.45, 2.75) is 33.0 Å². The number of hydrogen-bond acceptors (Lipinski definition) is 4. The van der Waals surface area contributed by atoms with Crippen molar-refractivity contribution in [3.05, 3.63) is 35.6 Å². The van der Waals surface area contributed by atoms with Gasteiger partial charge in [0.15, 0.2) is 0 Å². The van der Waals surface area contributed by atoms with Crippen molar-refractivity contribution in [3.63, 3.8) is 0 Å². The molecule has 2 aliphatic heterocycles. The standard InChI is InChI=1S/C21H28FN3O4/c1-14(2)9-24-10-17(29-13-15-5-3-4-6-18(15)22)11-25(12-20(24)27)21(28)16-7-19(26)23-8-16/h3-6,14,16-17H,7-13H2,1-2H3,(H,23,26)/t16-,17-/m1/s1. The maximum Gasteiger partial charge on any atom is 0.242 e. The maximum absolute atomic E-state index is 13.9.